The maximum Gasteiger partial charge on any atom is 0.214 e. The summed E-state index contributed by atoms with van der Waals surface area (Å²) in [5.41, 5.74) is 5.63. The van der Waals surface area contributed by atoms with E-state index in [-0.39, 0.29) is 5.41 Å². The van der Waals surface area contributed by atoms with Crippen LogP contribution >= 0.6 is 0 Å². The predicted octanol–water partition coefficient (Wildman–Crippen LogP) is 0.397. The van der Waals surface area contributed by atoms with E-state index in [1.54, 1.807) is 4.31 Å². The van der Waals surface area contributed by atoms with E-state index in [0.717, 1.165) is 12.8 Å². The molecule has 0 aromatic rings. The molecule has 14 heavy (non-hydrogen) atoms. The summed E-state index contributed by atoms with van der Waals surface area (Å²) in [4.78, 5) is 0. The van der Waals surface area contributed by atoms with Gasteiger partial charge in [-0.15, -0.1) is 0 Å². The summed E-state index contributed by atoms with van der Waals surface area (Å²) in [6.45, 7) is 6.03. The molecule has 0 atom stereocenters. The van der Waals surface area contributed by atoms with Crippen LogP contribution in [0.1, 0.15) is 26.7 Å². The smallest absolute Gasteiger partial charge is 0.214 e. The highest BCUT2D eigenvalue weighted by Crippen LogP contribution is 2.21. The monoisotopic (exact) mass is 220 g/mol. The van der Waals surface area contributed by atoms with Gasteiger partial charge in [-0.25, -0.2) is 12.7 Å². The van der Waals surface area contributed by atoms with Crippen LogP contribution in [0.2, 0.25) is 0 Å². The molecule has 0 saturated carbocycles. The molecule has 1 heterocycles. The van der Waals surface area contributed by atoms with Gasteiger partial charge in [0.05, 0.1) is 5.75 Å². The van der Waals surface area contributed by atoms with E-state index >= 15 is 0 Å². The Hall–Kier alpha value is -0.130. The summed E-state index contributed by atoms with van der Waals surface area (Å²) in [6, 6.07) is 0. The Kier molecular flexibility index (Phi) is 3.55. The number of rotatable bonds is 4. The lowest BCUT2D eigenvalue weighted by molar-refractivity contribution is 0.302. The average molecular weight is 220 g/mol. The molecule has 84 valence electrons. The first-order valence-corrected chi connectivity index (χ1v) is 6.66. The zero-order chi connectivity index (χ0) is 10.8. The van der Waals surface area contributed by atoms with Crippen molar-refractivity contribution in [2.24, 2.45) is 11.1 Å². The number of hydrogen-bond donors (Lipinski definition) is 1. The summed E-state index contributed by atoms with van der Waals surface area (Å²) < 4.78 is 24.5. The van der Waals surface area contributed by atoms with Crippen LogP contribution in [-0.4, -0.2) is 38.1 Å². The average Bonchev–Trinajstić information content (AvgIpc) is 2.42. The van der Waals surface area contributed by atoms with Gasteiger partial charge in [-0.05, 0) is 24.8 Å². The highest BCUT2D eigenvalue weighted by Gasteiger charge is 2.29. The van der Waals surface area contributed by atoms with Crippen LogP contribution in [0.5, 0.6) is 0 Å². The first-order chi connectivity index (χ1) is 6.37. The summed E-state index contributed by atoms with van der Waals surface area (Å²) >= 11 is 0. The predicted molar refractivity (Wildman–Crippen MR) is 57.4 cm³/mol. The van der Waals surface area contributed by atoms with Crippen molar-refractivity contribution in [3.63, 3.8) is 0 Å². The molecule has 1 saturated heterocycles. The fourth-order valence-corrected chi connectivity index (χ4v) is 3.00. The van der Waals surface area contributed by atoms with Gasteiger partial charge < -0.3 is 5.73 Å². The normalized spacial score (nSPS) is 22.8. The highest BCUT2D eigenvalue weighted by molar-refractivity contribution is 7.89. The Labute approximate surface area is 86.5 Å². The van der Waals surface area contributed by atoms with Crippen molar-refractivity contribution in [2.45, 2.75) is 26.7 Å². The van der Waals surface area contributed by atoms with Gasteiger partial charge in [0.25, 0.3) is 0 Å². The van der Waals surface area contributed by atoms with Crippen molar-refractivity contribution < 1.29 is 8.42 Å². The van der Waals surface area contributed by atoms with Crippen molar-refractivity contribution in [2.75, 3.05) is 25.4 Å². The second kappa shape index (κ2) is 4.16. The molecule has 4 nitrogen and oxygen atoms in total. The number of nitrogens with two attached hydrogens (primary N) is 1. The molecule has 0 spiro atoms. The lowest BCUT2D eigenvalue weighted by Gasteiger charge is -2.25. The minimum absolute atomic E-state index is 0.0398. The summed E-state index contributed by atoms with van der Waals surface area (Å²) in [6.07, 6.45) is 1.61. The minimum Gasteiger partial charge on any atom is -0.330 e. The van der Waals surface area contributed by atoms with Crippen molar-refractivity contribution in [1.29, 1.82) is 0 Å². The maximum atomic E-state index is 11.5. The topological polar surface area (TPSA) is 63.4 Å². The SMILES string of the molecule is CC(C)(CN)CCN1CCCS1(=O)=O. The Balaban J connectivity index is 2.47. The molecule has 1 fully saturated rings. The van der Waals surface area contributed by atoms with Gasteiger partial charge in [0.15, 0.2) is 0 Å². The Morgan fingerprint density at radius 3 is 2.50 bits per heavy atom. The van der Waals surface area contributed by atoms with Crippen molar-refractivity contribution in [1.82, 2.24) is 4.31 Å². The third-order valence-electron chi connectivity index (χ3n) is 2.79. The van der Waals surface area contributed by atoms with Gasteiger partial charge in [-0.1, -0.05) is 13.8 Å². The van der Waals surface area contributed by atoms with Gasteiger partial charge in [0, 0.05) is 13.1 Å². The van der Waals surface area contributed by atoms with E-state index in [1.165, 1.54) is 0 Å². The van der Waals surface area contributed by atoms with Gasteiger partial charge >= 0.3 is 0 Å². The molecule has 0 aromatic heterocycles. The van der Waals surface area contributed by atoms with Crippen LogP contribution in [0.15, 0.2) is 0 Å². The van der Waals surface area contributed by atoms with Crippen LogP contribution < -0.4 is 5.73 Å². The fraction of sp³-hybridized carbons (Fsp3) is 1.00. The number of sulfonamides is 1. The van der Waals surface area contributed by atoms with Crippen molar-refractivity contribution >= 4 is 10.0 Å². The van der Waals surface area contributed by atoms with Gasteiger partial charge in [0.2, 0.25) is 10.0 Å². The zero-order valence-electron chi connectivity index (χ0n) is 8.99. The maximum absolute atomic E-state index is 11.5. The summed E-state index contributed by atoms with van der Waals surface area (Å²) in [5, 5.41) is 0. The third kappa shape index (κ3) is 2.93. The van der Waals surface area contributed by atoms with Crippen LogP contribution in [-0.2, 0) is 10.0 Å². The van der Waals surface area contributed by atoms with Gasteiger partial charge in [0.1, 0.15) is 0 Å². The largest absolute Gasteiger partial charge is 0.330 e. The molecule has 2 N–H and O–H groups in total. The highest BCUT2D eigenvalue weighted by atomic mass is 32.2. The minimum atomic E-state index is -2.93. The van der Waals surface area contributed by atoms with Gasteiger partial charge in [-0.2, -0.15) is 0 Å². The molecular formula is C9H20N2O2S. The van der Waals surface area contributed by atoms with Crippen molar-refractivity contribution in [3.05, 3.63) is 0 Å². The third-order valence-corrected chi connectivity index (χ3v) is 4.75. The summed E-state index contributed by atoms with van der Waals surface area (Å²) in [5.74, 6) is 0.316. The van der Waals surface area contributed by atoms with E-state index in [4.69, 9.17) is 5.73 Å². The first kappa shape index (κ1) is 11.9. The zero-order valence-corrected chi connectivity index (χ0v) is 9.81. The molecule has 0 amide bonds. The van der Waals surface area contributed by atoms with Crippen LogP contribution in [0, 0.1) is 5.41 Å². The molecule has 5 heteroatoms. The molecule has 1 aliphatic heterocycles. The molecule has 0 aliphatic carbocycles. The molecule has 1 aliphatic rings. The Morgan fingerprint density at radius 2 is 2.07 bits per heavy atom. The summed E-state index contributed by atoms with van der Waals surface area (Å²) in [7, 11) is -2.93. The molecule has 0 radical (unpaired) electrons. The fourth-order valence-electron chi connectivity index (χ4n) is 1.47. The van der Waals surface area contributed by atoms with E-state index in [2.05, 4.69) is 13.8 Å². The van der Waals surface area contributed by atoms with Crippen molar-refractivity contribution in [3.8, 4) is 0 Å². The standard InChI is InChI=1S/C9H20N2O2S/c1-9(2,8-10)4-6-11-5-3-7-14(11,12)13/h3-8,10H2,1-2H3. The number of nitrogens with zero attached hydrogens (tertiary/aromatic N) is 1. The molecule has 1 rings (SSSR count). The van der Waals surface area contributed by atoms with Gasteiger partial charge in [-0.3, -0.25) is 0 Å². The van der Waals surface area contributed by atoms with E-state index in [0.29, 0.717) is 25.4 Å². The first-order valence-electron chi connectivity index (χ1n) is 5.05. The van der Waals surface area contributed by atoms with Crippen LogP contribution in [0.25, 0.3) is 0 Å². The molecule has 0 aromatic carbocycles. The molecule has 0 bridgehead atoms. The molecule has 0 unspecified atom stereocenters. The second-order valence-electron chi connectivity index (χ2n) is 4.69. The Morgan fingerprint density at radius 1 is 1.43 bits per heavy atom. The van der Waals surface area contributed by atoms with Crippen LogP contribution in [0.3, 0.4) is 0 Å². The molecular weight excluding hydrogens is 200 g/mol. The van der Waals surface area contributed by atoms with E-state index in [1.807, 2.05) is 0 Å². The Bertz CT molecular complexity index is 285. The lowest BCUT2D eigenvalue weighted by atomic mass is 9.90. The quantitative estimate of drug-likeness (QED) is 0.746. The van der Waals surface area contributed by atoms with E-state index < -0.39 is 10.0 Å². The lowest BCUT2D eigenvalue weighted by Crippen LogP contribution is -2.32. The number of hydrogen-bond acceptors (Lipinski definition) is 3. The van der Waals surface area contributed by atoms with Crippen LogP contribution in [0.4, 0.5) is 0 Å². The second-order valence-corrected chi connectivity index (χ2v) is 6.78. The van der Waals surface area contributed by atoms with E-state index in [9.17, 15) is 8.42 Å².